The van der Waals surface area contributed by atoms with Gasteiger partial charge in [0.2, 0.25) is 5.65 Å². The standard InChI is InChI=1S/C20H18N8O/c1-13(14-4-5-17-15(9-14)3-2-6-21-17)28-20-19(25-26-28)22-11-18(24-20)16-10-23-27(12-16)7-8-29/h2-6,9-13,29H,7-8H2,1H3/t13-/m0/s1. The highest BCUT2D eigenvalue weighted by Crippen LogP contribution is 2.25. The molecule has 0 saturated carbocycles. The monoisotopic (exact) mass is 386 g/mol. The summed E-state index contributed by atoms with van der Waals surface area (Å²) in [7, 11) is 0. The fourth-order valence-corrected chi connectivity index (χ4v) is 3.35. The number of aliphatic hydroxyl groups is 1. The molecular formula is C20H18N8O. The van der Waals surface area contributed by atoms with Crippen molar-refractivity contribution in [3.63, 3.8) is 0 Å². The summed E-state index contributed by atoms with van der Waals surface area (Å²) in [5, 5.41) is 22.8. The molecule has 4 aromatic heterocycles. The molecule has 0 aliphatic rings. The van der Waals surface area contributed by atoms with Crippen LogP contribution in [-0.4, -0.2) is 51.4 Å². The van der Waals surface area contributed by atoms with Crippen molar-refractivity contribution in [1.29, 1.82) is 0 Å². The van der Waals surface area contributed by atoms with E-state index in [1.54, 1.807) is 28.0 Å². The normalized spacial score (nSPS) is 12.6. The van der Waals surface area contributed by atoms with E-state index < -0.39 is 0 Å². The van der Waals surface area contributed by atoms with Crippen molar-refractivity contribution in [1.82, 2.24) is 39.7 Å². The molecule has 29 heavy (non-hydrogen) atoms. The smallest absolute Gasteiger partial charge is 0.221 e. The van der Waals surface area contributed by atoms with Crippen LogP contribution in [0.25, 0.3) is 33.5 Å². The molecule has 1 N–H and O–H groups in total. The third-order valence-corrected chi connectivity index (χ3v) is 4.92. The van der Waals surface area contributed by atoms with Crippen LogP contribution < -0.4 is 0 Å². The van der Waals surface area contributed by atoms with E-state index in [1.807, 2.05) is 30.5 Å². The number of aromatic nitrogens is 8. The van der Waals surface area contributed by atoms with Gasteiger partial charge in [0, 0.05) is 23.3 Å². The van der Waals surface area contributed by atoms with Gasteiger partial charge in [-0.25, -0.2) is 14.6 Å². The van der Waals surface area contributed by atoms with E-state index in [0.717, 1.165) is 22.0 Å². The van der Waals surface area contributed by atoms with Crippen molar-refractivity contribution in [2.24, 2.45) is 0 Å². The summed E-state index contributed by atoms with van der Waals surface area (Å²) in [4.78, 5) is 13.5. The lowest BCUT2D eigenvalue weighted by atomic mass is 10.1. The molecular weight excluding hydrogens is 368 g/mol. The Kier molecular flexibility index (Phi) is 4.21. The topological polar surface area (TPSA) is 107 Å². The van der Waals surface area contributed by atoms with Crippen LogP contribution in [0.5, 0.6) is 0 Å². The number of pyridine rings is 1. The maximum atomic E-state index is 9.07. The van der Waals surface area contributed by atoms with Gasteiger partial charge in [-0.05, 0) is 30.7 Å². The predicted molar refractivity (Wildman–Crippen MR) is 107 cm³/mol. The van der Waals surface area contributed by atoms with E-state index in [9.17, 15) is 0 Å². The molecule has 1 atom stereocenters. The zero-order chi connectivity index (χ0) is 19.8. The highest BCUT2D eigenvalue weighted by molar-refractivity contribution is 5.79. The van der Waals surface area contributed by atoms with Crippen LogP contribution in [0.2, 0.25) is 0 Å². The minimum atomic E-state index is -0.0775. The summed E-state index contributed by atoms with van der Waals surface area (Å²) in [5.41, 5.74) is 4.64. The van der Waals surface area contributed by atoms with Crippen molar-refractivity contribution < 1.29 is 5.11 Å². The highest BCUT2D eigenvalue weighted by Gasteiger charge is 2.17. The fourth-order valence-electron chi connectivity index (χ4n) is 3.35. The maximum absolute atomic E-state index is 9.07. The Balaban J connectivity index is 1.55. The molecule has 0 aliphatic carbocycles. The first-order valence-electron chi connectivity index (χ1n) is 9.29. The lowest BCUT2D eigenvalue weighted by Crippen LogP contribution is -2.09. The Morgan fingerprint density at radius 1 is 1.14 bits per heavy atom. The molecule has 9 heteroatoms. The first-order valence-corrected chi connectivity index (χ1v) is 9.29. The summed E-state index contributed by atoms with van der Waals surface area (Å²) in [6.07, 6.45) is 6.99. The lowest BCUT2D eigenvalue weighted by molar-refractivity contribution is 0.269. The van der Waals surface area contributed by atoms with Crippen LogP contribution in [0.3, 0.4) is 0 Å². The number of hydrogen-bond donors (Lipinski definition) is 1. The van der Waals surface area contributed by atoms with Gasteiger partial charge in [-0.1, -0.05) is 17.3 Å². The fraction of sp³-hybridized carbons (Fsp3) is 0.200. The predicted octanol–water partition coefficient (Wildman–Crippen LogP) is 2.23. The maximum Gasteiger partial charge on any atom is 0.221 e. The molecule has 0 unspecified atom stereocenters. The molecule has 4 heterocycles. The van der Waals surface area contributed by atoms with Gasteiger partial charge in [-0.15, -0.1) is 5.10 Å². The Labute approximate surface area is 165 Å². The van der Waals surface area contributed by atoms with Gasteiger partial charge in [0.05, 0.1) is 42.8 Å². The Hall–Kier alpha value is -3.72. The van der Waals surface area contributed by atoms with Crippen LogP contribution >= 0.6 is 0 Å². The average Bonchev–Trinajstić information content (AvgIpc) is 3.40. The van der Waals surface area contributed by atoms with Gasteiger partial charge < -0.3 is 5.11 Å². The summed E-state index contributed by atoms with van der Waals surface area (Å²) >= 11 is 0. The first-order chi connectivity index (χ1) is 14.2. The number of rotatable bonds is 5. The Morgan fingerprint density at radius 2 is 2.07 bits per heavy atom. The van der Waals surface area contributed by atoms with Crippen LogP contribution in [0.4, 0.5) is 0 Å². The van der Waals surface area contributed by atoms with Gasteiger partial charge in [-0.2, -0.15) is 5.10 Å². The second-order valence-electron chi connectivity index (χ2n) is 6.78. The van der Waals surface area contributed by atoms with E-state index in [4.69, 9.17) is 10.1 Å². The van der Waals surface area contributed by atoms with E-state index >= 15 is 0 Å². The summed E-state index contributed by atoms with van der Waals surface area (Å²) in [6.45, 7) is 2.52. The zero-order valence-corrected chi connectivity index (χ0v) is 15.7. The Morgan fingerprint density at radius 3 is 2.97 bits per heavy atom. The van der Waals surface area contributed by atoms with Gasteiger partial charge in [-0.3, -0.25) is 9.67 Å². The zero-order valence-electron chi connectivity index (χ0n) is 15.7. The van der Waals surface area contributed by atoms with Gasteiger partial charge in [0.25, 0.3) is 0 Å². The van der Waals surface area contributed by atoms with E-state index in [-0.39, 0.29) is 12.6 Å². The van der Waals surface area contributed by atoms with Crippen molar-refractivity contribution in [2.45, 2.75) is 19.5 Å². The average molecular weight is 386 g/mol. The third-order valence-electron chi connectivity index (χ3n) is 4.92. The van der Waals surface area contributed by atoms with E-state index in [0.29, 0.717) is 23.5 Å². The number of fused-ring (bicyclic) bond motifs is 2. The third kappa shape index (κ3) is 3.11. The van der Waals surface area contributed by atoms with E-state index in [1.165, 1.54) is 0 Å². The van der Waals surface area contributed by atoms with Crippen LogP contribution in [0.15, 0.2) is 55.1 Å². The quantitative estimate of drug-likeness (QED) is 0.493. The van der Waals surface area contributed by atoms with Crippen molar-refractivity contribution in [3.8, 4) is 11.3 Å². The van der Waals surface area contributed by atoms with Gasteiger partial charge in [0.15, 0.2) is 5.65 Å². The summed E-state index contributed by atoms with van der Waals surface area (Å²) in [6, 6.07) is 10.1. The Bertz CT molecular complexity index is 1310. The lowest BCUT2D eigenvalue weighted by Gasteiger charge is -2.13. The second-order valence-corrected chi connectivity index (χ2v) is 6.78. The second kappa shape index (κ2) is 7.02. The largest absolute Gasteiger partial charge is 0.394 e. The molecule has 0 radical (unpaired) electrons. The molecule has 144 valence electrons. The molecule has 0 spiro atoms. The molecule has 0 fully saturated rings. The van der Waals surface area contributed by atoms with Crippen LogP contribution in [0, 0.1) is 0 Å². The first kappa shape index (κ1) is 17.4. The number of hydrogen-bond acceptors (Lipinski definition) is 7. The number of aliphatic hydroxyl groups excluding tert-OH is 1. The molecule has 0 aliphatic heterocycles. The van der Waals surface area contributed by atoms with Gasteiger partial charge in [0.1, 0.15) is 0 Å². The SMILES string of the molecule is C[C@@H](c1ccc2ncccc2c1)n1nnc2ncc(-c3cnn(CCO)c3)nc21. The van der Waals surface area contributed by atoms with Crippen molar-refractivity contribution >= 4 is 22.2 Å². The molecule has 0 amide bonds. The molecule has 0 saturated heterocycles. The van der Waals surface area contributed by atoms with Crippen LogP contribution in [0.1, 0.15) is 18.5 Å². The highest BCUT2D eigenvalue weighted by atomic mass is 16.3. The number of nitrogens with zero attached hydrogens (tertiary/aromatic N) is 8. The minimum Gasteiger partial charge on any atom is -0.394 e. The number of benzene rings is 1. The molecule has 5 rings (SSSR count). The van der Waals surface area contributed by atoms with Crippen LogP contribution in [-0.2, 0) is 6.54 Å². The molecule has 0 bridgehead atoms. The van der Waals surface area contributed by atoms with Gasteiger partial charge >= 0.3 is 0 Å². The summed E-state index contributed by atoms with van der Waals surface area (Å²) < 4.78 is 3.45. The minimum absolute atomic E-state index is 0.0291. The van der Waals surface area contributed by atoms with Crippen molar-refractivity contribution in [3.05, 3.63) is 60.7 Å². The molecule has 5 aromatic rings. The van der Waals surface area contributed by atoms with Crippen molar-refractivity contribution in [2.75, 3.05) is 6.61 Å². The molecule has 1 aromatic carbocycles. The van der Waals surface area contributed by atoms with E-state index in [2.05, 4.69) is 38.4 Å². The molecule has 9 nitrogen and oxygen atoms in total. The summed E-state index contributed by atoms with van der Waals surface area (Å²) in [5.74, 6) is 0.